The quantitative estimate of drug-likeness (QED) is 0.386. The normalized spacial score (nSPS) is 12.0. The fourth-order valence-corrected chi connectivity index (χ4v) is 2.24. The maximum atomic E-state index is 11.0. The highest BCUT2D eigenvalue weighted by Gasteiger charge is 2.08. The maximum Gasteiger partial charge on any atom is 0.267 e. The first-order valence-corrected chi connectivity index (χ1v) is 8.16. The monoisotopic (exact) mass is 381 g/mol. The van der Waals surface area contributed by atoms with Crippen LogP contribution >= 0.6 is 23.2 Å². The van der Waals surface area contributed by atoms with Crippen molar-refractivity contribution in [1.82, 2.24) is 10.5 Å². The van der Waals surface area contributed by atoms with Gasteiger partial charge in [0.1, 0.15) is 18.2 Å². The molecule has 1 amide bonds. The molecule has 132 valence electrons. The Labute approximate surface area is 155 Å². The van der Waals surface area contributed by atoms with Gasteiger partial charge in [-0.25, -0.2) is 10.5 Å². The number of carbonyl (C=O) groups excluding carboxylic acids is 1. The van der Waals surface area contributed by atoms with E-state index in [0.717, 1.165) is 5.75 Å². The minimum atomic E-state index is -0.633. The number of anilines is 1. The first kappa shape index (κ1) is 19.1. The van der Waals surface area contributed by atoms with Crippen LogP contribution in [0.15, 0.2) is 42.6 Å². The Hall–Kier alpha value is -2.28. The molecule has 0 aliphatic rings. The number of hydrogen-bond donors (Lipinski definition) is 3. The number of nitrogens with zero attached hydrogens (tertiary/aromatic N) is 1. The second-order valence-corrected chi connectivity index (χ2v) is 6.06. The van der Waals surface area contributed by atoms with Crippen molar-refractivity contribution in [3.8, 4) is 5.75 Å². The van der Waals surface area contributed by atoms with Gasteiger partial charge < -0.3 is 10.1 Å². The predicted molar refractivity (Wildman–Crippen MR) is 98.2 cm³/mol. The maximum absolute atomic E-state index is 11.0. The molecule has 0 saturated heterocycles. The van der Waals surface area contributed by atoms with E-state index >= 15 is 0 Å². The fourth-order valence-electron chi connectivity index (χ4n) is 1.89. The molecular weight excluding hydrogens is 365 g/mol. The standard InChI is InChI=1S/C17H17Cl2N3O3/c1-11(10-25-14-5-3-13(18)4-6-14)21-17-15(19)8-12(9-20-17)2-7-16(23)22-24/h2-9,11,24H,10H2,1H3,(H,20,21)(H,22,23)/b7-2+/t11-/m1/s1. The Morgan fingerprint density at radius 1 is 1.36 bits per heavy atom. The van der Waals surface area contributed by atoms with Crippen LogP contribution in [0.5, 0.6) is 5.75 Å². The summed E-state index contributed by atoms with van der Waals surface area (Å²) in [6.07, 6.45) is 4.21. The van der Waals surface area contributed by atoms with Crippen LogP contribution in [0.3, 0.4) is 0 Å². The van der Waals surface area contributed by atoms with Gasteiger partial charge in [0.15, 0.2) is 0 Å². The number of benzene rings is 1. The van der Waals surface area contributed by atoms with Crippen LogP contribution in [0.4, 0.5) is 5.82 Å². The Kier molecular flexibility index (Phi) is 7.06. The van der Waals surface area contributed by atoms with E-state index in [9.17, 15) is 4.79 Å². The SMILES string of the molecule is C[C@H](COc1ccc(Cl)cc1)Nc1ncc(/C=C/C(=O)NO)cc1Cl. The van der Waals surface area contributed by atoms with Crippen molar-refractivity contribution in [3.63, 3.8) is 0 Å². The second-order valence-electron chi connectivity index (χ2n) is 5.22. The zero-order valence-electron chi connectivity index (χ0n) is 13.4. The lowest BCUT2D eigenvalue weighted by molar-refractivity contribution is -0.124. The van der Waals surface area contributed by atoms with Gasteiger partial charge in [0.05, 0.1) is 11.1 Å². The fraction of sp³-hybridized carbons (Fsp3) is 0.176. The largest absolute Gasteiger partial charge is 0.491 e. The Morgan fingerprint density at radius 2 is 2.08 bits per heavy atom. The Morgan fingerprint density at radius 3 is 2.72 bits per heavy atom. The highest BCUT2D eigenvalue weighted by molar-refractivity contribution is 6.33. The number of aromatic nitrogens is 1. The molecule has 3 N–H and O–H groups in total. The zero-order valence-corrected chi connectivity index (χ0v) is 14.9. The molecule has 0 aliphatic carbocycles. The van der Waals surface area contributed by atoms with Gasteiger partial charge in [-0.05, 0) is 48.9 Å². The number of nitrogens with one attached hydrogen (secondary N) is 2. The molecule has 1 atom stereocenters. The van der Waals surface area contributed by atoms with Crippen molar-refractivity contribution in [2.45, 2.75) is 13.0 Å². The van der Waals surface area contributed by atoms with Gasteiger partial charge in [-0.3, -0.25) is 10.0 Å². The second kappa shape index (κ2) is 9.27. The van der Waals surface area contributed by atoms with E-state index in [4.69, 9.17) is 33.1 Å². The predicted octanol–water partition coefficient (Wildman–Crippen LogP) is 3.79. The van der Waals surface area contributed by atoms with Crippen molar-refractivity contribution in [1.29, 1.82) is 0 Å². The van der Waals surface area contributed by atoms with E-state index in [-0.39, 0.29) is 6.04 Å². The van der Waals surface area contributed by atoms with Gasteiger partial charge in [-0.15, -0.1) is 0 Å². The van der Waals surface area contributed by atoms with Crippen LogP contribution in [0.25, 0.3) is 6.08 Å². The van der Waals surface area contributed by atoms with E-state index in [1.807, 2.05) is 6.92 Å². The number of halogens is 2. The van der Waals surface area contributed by atoms with Crippen molar-refractivity contribution >= 4 is 41.0 Å². The van der Waals surface area contributed by atoms with Crippen molar-refractivity contribution in [3.05, 3.63) is 58.2 Å². The number of pyridine rings is 1. The van der Waals surface area contributed by atoms with Gasteiger partial charge >= 0.3 is 0 Å². The number of carbonyl (C=O) groups is 1. The van der Waals surface area contributed by atoms with Crippen molar-refractivity contribution in [2.75, 3.05) is 11.9 Å². The lowest BCUT2D eigenvalue weighted by Crippen LogP contribution is -2.24. The molecule has 1 aromatic heterocycles. The highest BCUT2D eigenvalue weighted by atomic mass is 35.5. The van der Waals surface area contributed by atoms with E-state index < -0.39 is 5.91 Å². The van der Waals surface area contributed by atoms with Crippen LogP contribution in [0.2, 0.25) is 10.0 Å². The van der Waals surface area contributed by atoms with Gasteiger partial charge in [0.25, 0.3) is 5.91 Å². The number of ether oxygens (including phenoxy) is 1. The molecule has 0 radical (unpaired) electrons. The Balaban J connectivity index is 1.91. The van der Waals surface area contributed by atoms with Crippen molar-refractivity contribution < 1.29 is 14.7 Å². The third-order valence-electron chi connectivity index (χ3n) is 3.10. The van der Waals surface area contributed by atoms with Crippen LogP contribution < -0.4 is 15.5 Å². The molecule has 0 saturated carbocycles. The van der Waals surface area contributed by atoms with Gasteiger partial charge in [0.2, 0.25) is 0 Å². The third kappa shape index (κ3) is 6.26. The molecule has 0 bridgehead atoms. The number of rotatable bonds is 7. The molecule has 0 aliphatic heterocycles. The average molecular weight is 382 g/mol. The minimum Gasteiger partial charge on any atom is -0.491 e. The van der Waals surface area contributed by atoms with Gasteiger partial charge in [-0.1, -0.05) is 23.2 Å². The summed E-state index contributed by atoms with van der Waals surface area (Å²) >= 11 is 12.0. The first-order valence-electron chi connectivity index (χ1n) is 7.40. The van der Waals surface area contributed by atoms with Crippen LogP contribution in [-0.4, -0.2) is 28.7 Å². The summed E-state index contributed by atoms with van der Waals surface area (Å²) in [6.45, 7) is 2.35. The minimum absolute atomic E-state index is 0.0396. The molecule has 2 aromatic rings. The van der Waals surface area contributed by atoms with E-state index in [1.165, 1.54) is 17.6 Å². The molecule has 1 heterocycles. The van der Waals surface area contributed by atoms with Gasteiger partial charge in [-0.2, -0.15) is 0 Å². The number of hydroxylamine groups is 1. The molecule has 6 nitrogen and oxygen atoms in total. The summed E-state index contributed by atoms with van der Waals surface area (Å²) in [7, 11) is 0. The lowest BCUT2D eigenvalue weighted by atomic mass is 10.2. The van der Waals surface area contributed by atoms with E-state index in [1.54, 1.807) is 36.5 Å². The zero-order chi connectivity index (χ0) is 18.2. The first-order chi connectivity index (χ1) is 12.0. The summed E-state index contributed by atoms with van der Waals surface area (Å²) in [5.74, 6) is 0.601. The molecule has 0 spiro atoms. The molecule has 0 unspecified atom stereocenters. The molecule has 0 fully saturated rings. The molecular formula is C17H17Cl2N3O3. The summed E-state index contributed by atoms with van der Waals surface area (Å²) in [5.41, 5.74) is 2.13. The van der Waals surface area contributed by atoms with E-state index in [0.29, 0.717) is 28.0 Å². The van der Waals surface area contributed by atoms with Crippen molar-refractivity contribution in [2.24, 2.45) is 0 Å². The highest BCUT2D eigenvalue weighted by Crippen LogP contribution is 2.22. The average Bonchev–Trinajstić information content (AvgIpc) is 2.61. The Bertz CT molecular complexity index is 751. The summed E-state index contributed by atoms with van der Waals surface area (Å²) in [6, 6.07) is 8.73. The third-order valence-corrected chi connectivity index (χ3v) is 3.64. The summed E-state index contributed by atoms with van der Waals surface area (Å²) in [5, 5.41) is 12.7. The molecule has 2 rings (SSSR count). The molecule has 1 aromatic carbocycles. The molecule has 25 heavy (non-hydrogen) atoms. The lowest BCUT2D eigenvalue weighted by Gasteiger charge is -2.16. The van der Waals surface area contributed by atoms with Gasteiger partial charge in [0, 0.05) is 17.3 Å². The summed E-state index contributed by atoms with van der Waals surface area (Å²) < 4.78 is 5.66. The summed E-state index contributed by atoms with van der Waals surface area (Å²) in [4.78, 5) is 15.2. The molecule has 8 heteroatoms. The van der Waals surface area contributed by atoms with Crippen LogP contribution in [0.1, 0.15) is 12.5 Å². The smallest absolute Gasteiger partial charge is 0.267 e. The number of hydrogen-bond acceptors (Lipinski definition) is 5. The van der Waals surface area contributed by atoms with Crippen LogP contribution in [-0.2, 0) is 4.79 Å². The van der Waals surface area contributed by atoms with E-state index in [2.05, 4.69) is 10.3 Å². The van der Waals surface area contributed by atoms with Crippen LogP contribution in [0, 0.1) is 0 Å². The number of amides is 1. The topological polar surface area (TPSA) is 83.5 Å².